The Kier molecular flexibility index (Phi) is 4.39. The molecule has 0 saturated carbocycles. The molecule has 1 saturated heterocycles. The van der Waals surface area contributed by atoms with Crippen LogP contribution in [0.2, 0.25) is 0 Å². The summed E-state index contributed by atoms with van der Waals surface area (Å²) in [6.07, 6.45) is 2.71. The zero-order valence-corrected chi connectivity index (χ0v) is 13.2. The van der Waals surface area contributed by atoms with Gasteiger partial charge in [0.25, 0.3) is 0 Å². The molecule has 2 nitrogen and oxygen atoms in total. The number of hydrogen-bond donors (Lipinski definition) is 1. The first-order chi connectivity index (χ1) is 9.78. The van der Waals surface area contributed by atoms with Crippen LogP contribution in [0.1, 0.15) is 37.6 Å². The molecule has 20 heavy (non-hydrogen) atoms. The second kappa shape index (κ2) is 6.25. The van der Waals surface area contributed by atoms with Crippen LogP contribution in [0.25, 0.3) is 10.1 Å². The lowest BCUT2D eigenvalue weighted by Crippen LogP contribution is -2.38. The van der Waals surface area contributed by atoms with Crippen molar-refractivity contribution in [1.82, 2.24) is 10.2 Å². The van der Waals surface area contributed by atoms with E-state index in [0.29, 0.717) is 6.04 Å². The van der Waals surface area contributed by atoms with Gasteiger partial charge in [-0.15, -0.1) is 11.3 Å². The van der Waals surface area contributed by atoms with Crippen LogP contribution < -0.4 is 5.32 Å². The van der Waals surface area contributed by atoms with Crippen LogP contribution in [0.15, 0.2) is 30.3 Å². The average molecular weight is 288 g/mol. The molecule has 1 fully saturated rings. The lowest BCUT2D eigenvalue weighted by Gasteiger charge is -2.24. The van der Waals surface area contributed by atoms with Gasteiger partial charge >= 0.3 is 0 Å². The molecule has 0 amide bonds. The number of nitrogens with one attached hydrogen (secondary N) is 1. The summed E-state index contributed by atoms with van der Waals surface area (Å²) < 4.78 is 1.40. The molecular formula is C17H24N2S. The zero-order chi connectivity index (χ0) is 13.9. The first-order valence-electron chi connectivity index (χ1n) is 7.74. The Morgan fingerprint density at radius 3 is 3.05 bits per heavy atom. The maximum Gasteiger partial charge on any atom is 0.0387 e. The summed E-state index contributed by atoms with van der Waals surface area (Å²) >= 11 is 1.92. The van der Waals surface area contributed by atoms with Gasteiger partial charge in [-0.25, -0.2) is 0 Å². The molecule has 2 aromatic rings. The number of likely N-dealkylation sites (tertiary alicyclic amines) is 1. The molecule has 1 aromatic heterocycles. The molecule has 1 N–H and O–H groups in total. The van der Waals surface area contributed by atoms with E-state index >= 15 is 0 Å². The van der Waals surface area contributed by atoms with Gasteiger partial charge in [0.05, 0.1) is 0 Å². The molecule has 0 bridgehead atoms. The molecule has 1 aromatic carbocycles. The monoisotopic (exact) mass is 288 g/mol. The normalized spacial score (nSPS) is 21.6. The number of fused-ring (bicyclic) bond motifs is 1. The van der Waals surface area contributed by atoms with Gasteiger partial charge in [0.15, 0.2) is 0 Å². The van der Waals surface area contributed by atoms with Crippen molar-refractivity contribution in [2.24, 2.45) is 0 Å². The molecule has 1 aliphatic rings. The Balaban J connectivity index is 1.62. The van der Waals surface area contributed by atoms with E-state index in [1.165, 1.54) is 40.9 Å². The number of likely N-dealkylation sites (N-methyl/N-ethyl adjacent to an activating group) is 1. The maximum atomic E-state index is 3.73. The molecular weight excluding hydrogens is 264 g/mol. The van der Waals surface area contributed by atoms with E-state index in [-0.39, 0.29) is 0 Å². The van der Waals surface area contributed by atoms with Gasteiger partial charge in [-0.3, -0.25) is 4.90 Å². The van der Waals surface area contributed by atoms with Crippen LogP contribution >= 0.6 is 11.3 Å². The topological polar surface area (TPSA) is 15.3 Å². The minimum Gasteiger partial charge on any atom is -0.308 e. The molecule has 0 aliphatic carbocycles. The van der Waals surface area contributed by atoms with E-state index in [9.17, 15) is 0 Å². The van der Waals surface area contributed by atoms with Crippen LogP contribution in [0.5, 0.6) is 0 Å². The van der Waals surface area contributed by atoms with Crippen LogP contribution in [0.3, 0.4) is 0 Å². The van der Waals surface area contributed by atoms with Crippen molar-refractivity contribution in [3.05, 3.63) is 35.2 Å². The molecule has 2 unspecified atom stereocenters. The van der Waals surface area contributed by atoms with Crippen molar-refractivity contribution in [3.63, 3.8) is 0 Å². The summed E-state index contributed by atoms with van der Waals surface area (Å²) in [6.45, 7) is 8.14. The second-order valence-corrected chi connectivity index (χ2v) is 6.86. The maximum absolute atomic E-state index is 3.73. The Bertz CT molecular complexity index is 530. The number of benzene rings is 1. The van der Waals surface area contributed by atoms with Crippen molar-refractivity contribution < 1.29 is 0 Å². The molecule has 2 heterocycles. The summed E-state index contributed by atoms with van der Waals surface area (Å²) in [6, 6.07) is 12.2. The number of thiophene rings is 1. The lowest BCUT2D eigenvalue weighted by atomic mass is 10.2. The number of hydrogen-bond acceptors (Lipinski definition) is 3. The largest absolute Gasteiger partial charge is 0.308 e. The van der Waals surface area contributed by atoms with Crippen molar-refractivity contribution in [2.75, 3.05) is 19.6 Å². The summed E-state index contributed by atoms with van der Waals surface area (Å²) in [4.78, 5) is 4.05. The van der Waals surface area contributed by atoms with Gasteiger partial charge in [-0.05, 0) is 50.4 Å². The Morgan fingerprint density at radius 2 is 2.25 bits per heavy atom. The third-order valence-electron chi connectivity index (χ3n) is 4.44. The minimum atomic E-state index is 0.451. The van der Waals surface area contributed by atoms with Crippen molar-refractivity contribution >= 4 is 21.4 Å². The Hall–Kier alpha value is -0.900. The summed E-state index contributed by atoms with van der Waals surface area (Å²) in [5, 5.41) is 5.11. The van der Waals surface area contributed by atoms with Gasteiger partial charge < -0.3 is 5.32 Å². The summed E-state index contributed by atoms with van der Waals surface area (Å²) in [5.74, 6) is 0. The highest BCUT2D eigenvalue weighted by atomic mass is 32.1. The van der Waals surface area contributed by atoms with E-state index < -0.39 is 0 Å². The van der Waals surface area contributed by atoms with Crippen LogP contribution in [-0.2, 0) is 0 Å². The Labute approximate surface area is 125 Å². The SMILES string of the molecule is CCN1CCCC1CNC(C)c1cc2ccccc2s1. The van der Waals surface area contributed by atoms with Gasteiger partial charge in [0, 0.05) is 28.2 Å². The van der Waals surface area contributed by atoms with Crippen LogP contribution in [0.4, 0.5) is 0 Å². The standard InChI is InChI=1S/C17H24N2S/c1-3-19-10-6-8-15(19)12-18-13(2)17-11-14-7-4-5-9-16(14)20-17/h4-5,7,9,11,13,15,18H,3,6,8,10,12H2,1-2H3. The van der Waals surface area contributed by atoms with E-state index in [1.807, 2.05) is 11.3 Å². The molecule has 2 atom stereocenters. The zero-order valence-electron chi connectivity index (χ0n) is 12.4. The molecule has 3 rings (SSSR count). The first kappa shape index (κ1) is 14.1. The van der Waals surface area contributed by atoms with Gasteiger partial charge in [0.1, 0.15) is 0 Å². The second-order valence-electron chi connectivity index (χ2n) is 5.74. The number of rotatable bonds is 5. The van der Waals surface area contributed by atoms with Gasteiger partial charge in [-0.1, -0.05) is 25.1 Å². The minimum absolute atomic E-state index is 0.451. The molecule has 0 radical (unpaired) electrons. The summed E-state index contributed by atoms with van der Waals surface area (Å²) in [5.41, 5.74) is 0. The fourth-order valence-electron chi connectivity index (χ4n) is 3.17. The molecule has 3 heteroatoms. The fraction of sp³-hybridized carbons (Fsp3) is 0.529. The average Bonchev–Trinajstić information content (AvgIpc) is 3.10. The van der Waals surface area contributed by atoms with E-state index in [0.717, 1.165) is 12.6 Å². The highest BCUT2D eigenvalue weighted by Crippen LogP contribution is 2.29. The van der Waals surface area contributed by atoms with Gasteiger partial charge in [0.2, 0.25) is 0 Å². The lowest BCUT2D eigenvalue weighted by molar-refractivity contribution is 0.255. The van der Waals surface area contributed by atoms with E-state index in [4.69, 9.17) is 0 Å². The third kappa shape index (κ3) is 2.90. The number of nitrogens with zero attached hydrogens (tertiary/aromatic N) is 1. The quantitative estimate of drug-likeness (QED) is 0.893. The smallest absolute Gasteiger partial charge is 0.0387 e. The third-order valence-corrected chi connectivity index (χ3v) is 5.74. The predicted molar refractivity (Wildman–Crippen MR) is 88.5 cm³/mol. The molecule has 0 spiro atoms. The molecule has 1 aliphatic heterocycles. The molecule has 108 valence electrons. The van der Waals surface area contributed by atoms with E-state index in [2.05, 4.69) is 54.4 Å². The van der Waals surface area contributed by atoms with Crippen molar-refractivity contribution in [1.29, 1.82) is 0 Å². The fourth-order valence-corrected chi connectivity index (χ4v) is 4.26. The Morgan fingerprint density at radius 1 is 1.40 bits per heavy atom. The van der Waals surface area contributed by atoms with Gasteiger partial charge in [-0.2, -0.15) is 0 Å². The van der Waals surface area contributed by atoms with E-state index in [1.54, 1.807) is 0 Å². The summed E-state index contributed by atoms with van der Waals surface area (Å²) in [7, 11) is 0. The highest BCUT2D eigenvalue weighted by molar-refractivity contribution is 7.19. The van der Waals surface area contributed by atoms with Crippen molar-refractivity contribution in [2.45, 2.75) is 38.8 Å². The first-order valence-corrected chi connectivity index (χ1v) is 8.55. The highest BCUT2D eigenvalue weighted by Gasteiger charge is 2.23. The van der Waals surface area contributed by atoms with Crippen LogP contribution in [0, 0.1) is 0 Å². The van der Waals surface area contributed by atoms with Crippen molar-refractivity contribution in [3.8, 4) is 0 Å². The predicted octanol–water partition coefficient (Wildman–Crippen LogP) is 4.04. The van der Waals surface area contributed by atoms with Crippen LogP contribution in [-0.4, -0.2) is 30.6 Å².